The molecule has 18 heavy (non-hydrogen) atoms. The molecule has 1 N–H and O–H groups in total. The van der Waals surface area contributed by atoms with Crippen molar-refractivity contribution in [1.82, 2.24) is 14.9 Å². The van der Waals surface area contributed by atoms with Crippen LogP contribution in [-0.2, 0) is 6.54 Å². The Hall–Kier alpha value is -1.94. The van der Waals surface area contributed by atoms with Crippen LogP contribution in [0.2, 0.25) is 0 Å². The predicted octanol–water partition coefficient (Wildman–Crippen LogP) is 2.25. The lowest BCUT2D eigenvalue weighted by Crippen LogP contribution is -2.14. The molecule has 0 bridgehead atoms. The number of hydrogen-bond acceptors (Lipinski definition) is 4. The number of anilines is 1. The van der Waals surface area contributed by atoms with Crippen molar-refractivity contribution >= 4 is 5.82 Å². The quantitative estimate of drug-likeness (QED) is 0.892. The minimum Gasteiger partial charge on any atom is -0.373 e. The zero-order valence-electron chi connectivity index (χ0n) is 11.0. The minimum absolute atomic E-state index is 0.732. The van der Waals surface area contributed by atoms with Gasteiger partial charge in [0.2, 0.25) is 0 Å². The van der Waals surface area contributed by atoms with Crippen molar-refractivity contribution < 1.29 is 0 Å². The molecule has 0 aliphatic carbocycles. The summed E-state index contributed by atoms with van der Waals surface area (Å²) in [6.45, 7) is 0.732. The second-order valence-corrected chi connectivity index (χ2v) is 4.41. The van der Waals surface area contributed by atoms with Gasteiger partial charge < -0.3 is 10.2 Å². The number of rotatable bonds is 4. The molecule has 0 atom stereocenters. The fraction of sp³-hybridized carbons (Fsp3) is 0.286. The molecule has 4 heteroatoms. The van der Waals surface area contributed by atoms with E-state index in [9.17, 15) is 0 Å². The third kappa shape index (κ3) is 3.05. The molecule has 94 valence electrons. The monoisotopic (exact) mass is 242 g/mol. The van der Waals surface area contributed by atoms with Gasteiger partial charge in [0.1, 0.15) is 11.6 Å². The van der Waals surface area contributed by atoms with Crippen LogP contribution in [0.3, 0.4) is 0 Å². The first-order valence-electron chi connectivity index (χ1n) is 5.95. The molecule has 0 fully saturated rings. The molecule has 2 rings (SSSR count). The Labute approximate surface area is 108 Å². The second-order valence-electron chi connectivity index (χ2n) is 4.41. The Morgan fingerprint density at radius 1 is 1.11 bits per heavy atom. The fourth-order valence-electron chi connectivity index (χ4n) is 1.74. The van der Waals surface area contributed by atoms with Crippen LogP contribution in [0.1, 0.15) is 5.82 Å². The Morgan fingerprint density at radius 3 is 2.44 bits per heavy atom. The van der Waals surface area contributed by atoms with Gasteiger partial charge in [0.15, 0.2) is 0 Å². The number of hydrogen-bond donors (Lipinski definition) is 1. The molecule has 4 nitrogen and oxygen atoms in total. The van der Waals surface area contributed by atoms with Gasteiger partial charge in [-0.1, -0.05) is 30.3 Å². The molecular formula is C14H18N4. The molecule has 1 heterocycles. The highest BCUT2D eigenvalue weighted by molar-refractivity contribution is 5.62. The van der Waals surface area contributed by atoms with Crippen molar-refractivity contribution in [3.05, 3.63) is 42.2 Å². The highest BCUT2D eigenvalue weighted by Gasteiger charge is 2.06. The van der Waals surface area contributed by atoms with E-state index in [1.165, 1.54) is 0 Å². The van der Waals surface area contributed by atoms with Gasteiger partial charge in [0, 0.05) is 18.7 Å². The highest BCUT2D eigenvalue weighted by Crippen LogP contribution is 2.19. The predicted molar refractivity (Wildman–Crippen MR) is 74.4 cm³/mol. The van der Waals surface area contributed by atoms with E-state index in [-0.39, 0.29) is 0 Å². The second kappa shape index (κ2) is 5.60. The Bertz CT molecular complexity index is 508. The van der Waals surface area contributed by atoms with Gasteiger partial charge in [-0.15, -0.1) is 0 Å². The molecular weight excluding hydrogens is 224 g/mol. The number of nitrogens with zero attached hydrogens (tertiary/aromatic N) is 3. The van der Waals surface area contributed by atoms with E-state index in [0.29, 0.717) is 0 Å². The van der Waals surface area contributed by atoms with Crippen LogP contribution in [0.4, 0.5) is 5.82 Å². The Balaban J connectivity index is 2.41. The molecule has 0 saturated heterocycles. The number of aromatic nitrogens is 2. The molecule has 0 unspecified atom stereocenters. The smallest absolute Gasteiger partial charge is 0.145 e. The number of nitrogens with one attached hydrogen (secondary N) is 1. The zero-order valence-corrected chi connectivity index (χ0v) is 11.0. The normalized spacial score (nSPS) is 10.7. The van der Waals surface area contributed by atoms with E-state index in [0.717, 1.165) is 29.4 Å². The van der Waals surface area contributed by atoms with E-state index in [1.807, 2.05) is 45.4 Å². The van der Waals surface area contributed by atoms with Gasteiger partial charge >= 0.3 is 0 Å². The van der Waals surface area contributed by atoms with E-state index < -0.39 is 0 Å². The summed E-state index contributed by atoms with van der Waals surface area (Å²) < 4.78 is 0. The standard InChI is InChI=1S/C14H18N4/c1-15-13-9-12(11-7-5-4-6-8-11)16-14(17-13)10-18(2)3/h4-9H,10H2,1-3H3,(H,15,16,17). The van der Waals surface area contributed by atoms with Crippen LogP contribution < -0.4 is 5.32 Å². The average molecular weight is 242 g/mol. The van der Waals surface area contributed by atoms with Gasteiger partial charge in [-0.2, -0.15) is 0 Å². The van der Waals surface area contributed by atoms with Crippen molar-refractivity contribution in [3.8, 4) is 11.3 Å². The van der Waals surface area contributed by atoms with Crippen LogP contribution >= 0.6 is 0 Å². The largest absolute Gasteiger partial charge is 0.373 e. The Morgan fingerprint density at radius 2 is 1.83 bits per heavy atom. The maximum Gasteiger partial charge on any atom is 0.145 e. The maximum absolute atomic E-state index is 4.60. The van der Waals surface area contributed by atoms with E-state index in [2.05, 4.69) is 32.3 Å². The van der Waals surface area contributed by atoms with Gasteiger partial charge in [-0.25, -0.2) is 9.97 Å². The zero-order chi connectivity index (χ0) is 13.0. The lowest BCUT2D eigenvalue weighted by Gasteiger charge is -2.11. The average Bonchev–Trinajstić information content (AvgIpc) is 2.38. The summed E-state index contributed by atoms with van der Waals surface area (Å²) in [5, 5.41) is 3.08. The summed E-state index contributed by atoms with van der Waals surface area (Å²) in [6.07, 6.45) is 0. The van der Waals surface area contributed by atoms with Gasteiger partial charge in [-0.05, 0) is 14.1 Å². The van der Waals surface area contributed by atoms with Crippen LogP contribution in [-0.4, -0.2) is 36.0 Å². The van der Waals surface area contributed by atoms with Gasteiger partial charge in [-0.3, -0.25) is 0 Å². The molecule has 1 aromatic heterocycles. The first-order valence-corrected chi connectivity index (χ1v) is 5.95. The minimum atomic E-state index is 0.732. The molecule has 0 amide bonds. The van der Waals surface area contributed by atoms with Crippen LogP contribution in [0, 0.1) is 0 Å². The van der Waals surface area contributed by atoms with Crippen LogP contribution in [0.15, 0.2) is 36.4 Å². The maximum atomic E-state index is 4.60. The van der Waals surface area contributed by atoms with E-state index >= 15 is 0 Å². The highest BCUT2D eigenvalue weighted by atomic mass is 15.1. The SMILES string of the molecule is CNc1cc(-c2ccccc2)nc(CN(C)C)n1. The molecule has 2 aromatic rings. The van der Waals surface area contributed by atoms with Gasteiger partial charge in [0.05, 0.1) is 12.2 Å². The molecule has 0 radical (unpaired) electrons. The van der Waals surface area contributed by atoms with Crippen LogP contribution in [0.25, 0.3) is 11.3 Å². The van der Waals surface area contributed by atoms with E-state index in [1.54, 1.807) is 0 Å². The summed E-state index contributed by atoms with van der Waals surface area (Å²) in [6, 6.07) is 12.1. The topological polar surface area (TPSA) is 41.1 Å². The van der Waals surface area contributed by atoms with Crippen molar-refractivity contribution in [1.29, 1.82) is 0 Å². The summed E-state index contributed by atoms with van der Waals surface area (Å²) in [7, 11) is 5.89. The number of benzene rings is 1. The molecule has 0 aliphatic rings. The van der Waals surface area contributed by atoms with Gasteiger partial charge in [0.25, 0.3) is 0 Å². The fourth-order valence-corrected chi connectivity index (χ4v) is 1.74. The third-order valence-corrected chi connectivity index (χ3v) is 2.56. The third-order valence-electron chi connectivity index (χ3n) is 2.56. The van der Waals surface area contributed by atoms with Crippen LogP contribution in [0.5, 0.6) is 0 Å². The first kappa shape index (κ1) is 12.5. The van der Waals surface area contributed by atoms with Crippen molar-refractivity contribution in [2.45, 2.75) is 6.54 Å². The summed E-state index contributed by atoms with van der Waals surface area (Å²) in [5.41, 5.74) is 2.06. The molecule has 0 aliphatic heterocycles. The summed E-state index contributed by atoms with van der Waals surface area (Å²) in [5.74, 6) is 1.67. The van der Waals surface area contributed by atoms with Crippen molar-refractivity contribution in [3.63, 3.8) is 0 Å². The van der Waals surface area contributed by atoms with Crippen molar-refractivity contribution in [2.75, 3.05) is 26.5 Å². The first-order chi connectivity index (χ1) is 8.69. The van der Waals surface area contributed by atoms with Crippen molar-refractivity contribution in [2.24, 2.45) is 0 Å². The molecule has 0 spiro atoms. The lowest BCUT2D eigenvalue weighted by molar-refractivity contribution is 0.391. The summed E-state index contributed by atoms with van der Waals surface area (Å²) in [4.78, 5) is 11.1. The molecule has 0 saturated carbocycles. The van der Waals surface area contributed by atoms with E-state index in [4.69, 9.17) is 0 Å². The lowest BCUT2D eigenvalue weighted by atomic mass is 10.1. The Kier molecular flexibility index (Phi) is 3.89. The summed E-state index contributed by atoms with van der Waals surface area (Å²) >= 11 is 0. The molecule has 1 aromatic carbocycles.